The van der Waals surface area contributed by atoms with E-state index in [0.717, 1.165) is 12.2 Å². The summed E-state index contributed by atoms with van der Waals surface area (Å²) in [6, 6.07) is 0. The molecule has 1 atom stereocenters. The van der Waals surface area contributed by atoms with E-state index in [2.05, 4.69) is 11.7 Å². The van der Waals surface area contributed by atoms with Gasteiger partial charge >= 0.3 is 5.97 Å². The smallest absolute Gasteiger partial charge is 0.316 e. The van der Waals surface area contributed by atoms with Crippen LogP contribution in [0.3, 0.4) is 0 Å². The van der Waals surface area contributed by atoms with Crippen LogP contribution in [0, 0.1) is 5.92 Å². The summed E-state index contributed by atoms with van der Waals surface area (Å²) < 4.78 is 4.60. The van der Waals surface area contributed by atoms with E-state index < -0.39 is 11.9 Å². The van der Waals surface area contributed by atoms with Crippen molar-refractivity contribution in [3.63, 3.8) is 0 Å². The van der Waals surface area contributed by atoms with Crippen molar-refractivity contribution in [1.82, 2.24) is 0 Å². The van der Waals surface area contributed by atoms with Gasteiger partial charge in [-0.1, -0.05) is 115 Å². The number of hydrogen-bond donors (Lipinski definition) is 0. The molecule has 4 heteroatoms. The quantitative estimate of drug-likeness (QED) is 0.129. The van der Waals surface area contributed by atoms with Gasteiger partial charge in [-0.3, -0.25) is 9.59 Å². The van der Waals surface area contributed by atoms with Gasteiger partial charge in [-0.05, 0) is 13.3 Å². The zero-order valence-corrected chi connectivity index (χ0v) is 19.0. The Morgan fingerprint density at radius 1 is 0.704 bits per heavy atom. The Hall–Kier alpha value is -0.510. The van der Waals surface area contributed by atoms with Gasteiger partial charge in [0.1, 0.15) is 5.92 Å². The molecule has 27 heavy (non-hydrogen) atoms. The van der Waals surface area contributed by atoms with E-state index in [1.54, 1.807) is 6.92 Å². The van der Waals surface area contributed by atoms with Crippen LogP contribution in [0.4, 0.5) is 0 Å². The summed E-state index contributed by atoms with van der Waals surface area (Å²) in [6.07, 6.45) is 21.7. The van der Waals surface area contributed by atoms with Crippen molar-refractivity contribution >= 4 is 22.8 Å². The molecule has 0 saturated carbocycles. The number of thioether (sulfide) groups is 1. The Balaban J connectivity index is 3.21. The van der Waals surface area contributed by atoms with Crippen LogP contribution in [0.1, 0.15) is 117 Å². The SMILES string of the molecule is CCCCCCCCCCCCCCCCCCSC(=O)C(C)C(=O)OC. The first kappa shape index (κ1) is 26.5. The summed E-state index contributed by atoms with van der Waals surface area (Å²) in [7, 11) is 1.33. The minimum absolute atomic E-state index is 0.0668. The lowest BCUT2D eigenvalue weighted by Crippen LogP contribution is -2.20. The summed E-state index contributed by atoms with van der Waals surface area (Å²) in [5.41, 5.74) is 0. The van der Waals surface area contributed by atoms with E-state index in [-0.39, 0.29) is 5.12 Å². The number of ether oxygens (including phenoxy) is 1. The molecule has 0 fully saturated rings. The molecule has 3 nitrogen and oxygen atoms in total. The van der Waals surface area contributed by atoms with Gasteiger partial charge in [0.05, 0.1) is 7.11 Å². The van der Waals surface area contributed by atoms with Crippen molar-refractivity contribution in [2.45, 2.75) is 117 Å². The molecule has 0 aliphatic rings. The van der Waals surface area contributed by atoms with E-state index in [0.29, 0.717) is 0 Å². The van der Waals surface area contributed by atoms with Crippen molar-refractivity contribution < 1.29 is 14.3 Å². The van der Waals surface area contributed by atoms with Gasteiger partial charge in [0, 0.05) is 5.75 Å². The third kappa shape index (κ3) is 17.3. The molecule has 0 amide bonds. The molecule has 0 N–H and O–H groups in total. The number of carbonyl (C=O) groups excluding carboxylic acids is 2. The molecule has 0 radical (unpaired) electrons. The number of esters is 1. The minimum atomic E-state index is -0.638. The second kappa shape index (κ2) is 20.2. The molecule has 0 aromatic heterocycles. The number of methoxy groups -OCH3 is 1. The Morgan fingerprint density at radius 2 is 1.07 bits per heavy atom. The first-order valence-corrected chi connectivity index (χ1v) is 12.4. The third-order valence-electron chi connectivity index (χ3n) is 5.15. The summed E-state index contributed by atoms with van der Waals surface area (Å²) in [6.45, 7) is 3.90. The first-order valence-electron chi connectivity index (χ1n) is 11.4. The first-order chi connectivity index (χ1) is 13.1. The normalized spacial score (nSPS) is 12.1. The molecule has 0 aliphatic carbocycles. The number of rotatable bonds is 19. The zero-order valence-electron chi connectivity index (χ0n) is 18.2. The van der Waals surface area contributed by atoms with Crippen molar-refractivity contribution in [3.05, 3.63) is 0 Å². The Bertz CT molecular complexity index is 358. The molecule has 0 rings (SSSR count). The molecule has 0 spiro atoms. The van der Waals surface area contributed by atoms with E-state index in [1.807, 2.05) is 0 Å². The lowest BCUT2D eigenvalue weighted by Gasteiger charge is -2.07. The molecule has 160 valence electrons. The molecule has 0 heterocycles. The van der Waals surface area contributed by atoms with E-state index in [9.17, 15) is 9.59 Å². The maximum atomic E-state index is 11.8. The van der Waals surface area contributed by atoms with E-state index >= 15 is 0 Å². The molecule has 0 aromatic rings. The summed E-state index contributed by atoms with van der Waals surface area (Å²) >= 11 is 1.28. The minimum Gasteiger partial charge on any atom is -0.468 e. The van der Waals surface area contributed by atoms with Gasteiger partial charge in [-0.25, -0.2) is 0 Å². The molecular formula is C23H44O3S. The largest absolute Gasteiger partial charge is 0.468 e. The van der Waals surface area contributed by atoms with Gasteiger partial charge in [-0.15, -0.1) is 0 Å². The molecular weight excluding hydrogens is 356 g/mol. The van der Waals surface area contributed by atoms with Gasteiger partial charge in [0.15, 0.2) is 0 Å². The molecule has 0 saturated heterocycles. The maximum Gasteiger partial charge on any atom is 0.316 e. The van der Waals surface area contributed by atoms with Gasteiger partial charge in [0.25, 0.3) is 0 Å². The fourth-order valence-corrected chi connectivity index (χ4v) is 4.12. The van der Waals surface area contributed by atoms with Crippen LogP contribution in [0.5, 0.6) is 0 Å². The van der Waals surface area contributed by atoms with Gasteiger partial charge in [0.2, 0.25) is 5.12 Å². The number of hydrogen-bond acceptors (Lipinski definition) is 4. The predicted octanol–water partition coefficient (Wildman–Crippen LogP) is 7.32. The summed E-state index contributed by atoms with van der Waals surface area (Å²) in [5, 5.41) is -0.0668. The average Bonchev–Trinajstić information content (AvgIpc) is 2.68. The fourth-order valence-electron chi connectivity index (χ4n) is 3.22. The zero-order chi connectivity index (χ0) is 20.2. The molecule has 0 aliphatic heterocycles. The second-order valence-corrected chi connectivity index (χ2v) is 8.81. The standard InChI is InChI=1S/C23H44O3S/c1-4-5-6-7-8-9-10-11-12-13-14-15-16-17-18-19-20-27-23(25)21(2)22(24)26-3/h21H,4-20H2,1-3H3. The third-order valence-corrected chi connectivity index (χ3v) is 6.28. The lowest BCUT2D eigenvalue weighted by atomic mass is 10.0. The summed E-state index contributed by atoms with van der Waals surface area (Å²) in [5.74, 6) is -0.251. The van der Waals surface area contributed by atoms with Crippen LogP contribution < -0.4 is 0 Å². The van der Waals surface area contributed by atoms with Crippen LogP contribution in [0.15, 0.2) is 0 Å². The Kier molecular flexibility index (Phi) is 19.8. The van der Waals surface area contributed by atoms with Crippen LogP contribution in [-0.2, 0) is 14.3 Å². The fraction of sp³-hybridized carbons (Fsp3) is 0.913. The monoisotopic (exact) mass is 400 g/mol. The number of unbranched alkanes of at least 4 members (excludes halogenated alkanes) is 15. The highest BCUT2D eigenvalue weighted by Crippen LogP contribution is 2.17. The predicted molar refractivity (Wildman–Crippen MR) is 118 cm³/mol. The van der Waals surface area contributed by atoms with Crippen molar-refractivity contribution in [1.29, 1.82) is 0 Å². The molecule has 0 aromatic carbocycles. The van der Waals surface area contributed by atoms with Crippen LogP contribution in [0.25, 0.3) is 0 Å². The van der Waals surface area contributed by atoms with Gasteiger partial charge < -0.3 is 4.74 Å². The van der Waals surface area contributed by atoms with Crippen molar-refractivity contribution in [2.24, 2.45) is 5.92 Å². The molecule has 1 unspecified atom stereocenters. The number of carbonyl (C=O) groups is 2. The molecule has 0 bridgehead atoms. The second-order valence-electron chi connectivity index (χ2n) is 7.72. The van der Waals surface area contributed by atoms with Crippen molar-refractivity contribution in [3.8, 4) is 0 Å². The van der Waals surface area contributed by atoms with Crippen molar-refractivity contribution in [2.75, 3.05) is 12.9 Å². The Labute approximate surface area is 172 Å². The highest BCUT2D eigenvalue weighted by atomic mass is 32.2. The average molecular weight is 401 g/mol. The maximum absolute atomic E-state index is 11.8. The van der Waals surface area contributed by atoms with E-state index in [4.69, 9.17) is 0 Å². The highest BCUT2D eigenvalue weighted by molar-refractivity contribution is 8.13. The summed E-state index contributed by atoms with van der Waals surface area (Å²) in [4.78, 5) is 23.0. The topological polar surface area (TPSA) is 43.4 Å². The van der Waals surface area contributed by atoms with Gasteiger partial charge in [-0.2, -0.15) is 0 Å². The van der Waals surface area contributed by atoms with Crippen LogP contribution >= 0.6 is 11.8 Å². The Morgan fingerprint density at radius 3 is 1.44 bits per heavy atom. The highest BCUT2D eigenvalue weighted by Gasteiger charge is 2.21. The van der Waals surface area contributed by atoms with Crippen LogP contribution in [0.2, 0.25) is 0 Å². The van der Waals surface area contributed by atoms with E-state index in [1.165, 1.54) is 115 Å². The van der Waals surface area contributed by atoms with Crippen LogP contribution in [-0.4, -0.2) is 23.9 Å². The lowest BCUT2D eigenvalue weighted by molar-refractivity contribution is -0.146.